The molecule has 0 atom stereocenters. The number of hydrogen-bond donors (Lipinski definition) is 2. The molecule has 2 aromatic carbocycles. The van der Waals surface area contributed by atoms with Crippen LogP contribution >= 0.6 is 0 Å². The van der Waals surface area contributed by atoms with Gasteiger partial charge in [-0.25, -0.2) is 4.79 Å². The molecular formula is C17H19NO3. The summed E-state index contributed by atoms with van der Waals surface area (Å²) in [7, 11) is 0. The van der Waals surface area contributed by atoms with Gasteiger partial charge in [0.25, 0.3) is 0 Å². The van der Waals surface area contributed by atoms with E-state index in [0.29, 0.717) is 17.2 Å². The van der Waals surface area contributed by atoms with E-state index in [4.69, 9.17) is 15.6 Å². The highest BCUT2D eigenvalue weighted by atomic mass is 16.5. The molecule has 4 nitrogen and oxygen atoms in total. The molecule has 2 rings (SSSR count). The molecule has 110 valence electrons. The number of nitrogen functional groups attached to an aromatic ring is 1. The molecule has 0 aliphatic carbocycles. The fraction of sp³-hybridized carbons (Fsp3) is 0.235. The van der Waals surface area contributed by atoms with Crippen LogP contribution in [0.4, 0.5) is 5.69 Å². The van der Waals surface area contributed by atoms with Crippen LogP contribution in [0.2, 0.25) is 0 Å². The van der Waals surface area contributed by atoms with Gasteiger partial charge in [0.05, 0.1) is 11.3 Å². The topological polar surface area (TPSA) is 72.5 Å². The lowest BCUT2D eigenvalue weighted by molar-refractivity contribution is 0.0697. The summed E-state index contributed by atoms with van der Waals surface area (Å²) in [6, 6.07) is 12.3. The molecule has 2 aromatic rings. The maximum atomic E-state index is 10.9. The first-order valence-electron chi connectivity index (χ1n) is 6.99. The van der Waals surface area contributed by atoms with Crippen molar-refractivity contribution in [1.82, 2.24) is 0 Å². The maximum Gasteiger partial charge on any atom is 0.335 e. The van der Waals surface area contributed by atoms with E-state index in [0.717, 1.165) is 6.42 Å². The first-order chi connectivity index (χ1) is 10.1. The van der Waals surface area contributed by atoms with Crippen LogP contribution in [0.15, 0.2) is 42.5 Å². The normalized spacial score (nSPS) is 10.3. The Morgan fingerprint density at radius 1 is 1.19 bits per heavy atom. The van der Waals surface area contributed by atoms with Gasteiger partial charge in [-0.3, -0.25) is 0 Å². The predicted molar refractivity (Wildman–Crippen MR) is 82.9 cm³/mol. The summed E-state index contributed by atoms with van der Waals surface area (Å²) in [4.78, 5) is 10.9. The van der Waals surface area contributed by atoms with Crippen LogP contribution in [0.3, 0.4) is 0 Å². The van der Waals surface area contributed by atoms with Crippen molar-refractivity contribution in [3.05, 3.63) is 53.6 Å². The van der Waals surface area contributed by atoms with Gasteiger partial charge in [-0.05, 0) is 48.7 Å². The zero-order valence-corrected chi connectivity index (χ0v) is 12.0. The number of rotatable bonds is 6. The van der Waals surface area contributed by atoms with E-state index >= 15 is 0 Å². The lowest BCUT2D eigenvalue weighted by Gasteiger charge is -2.09. The summed E-state index contributed by atoms with van der Waals surface area (Å²) in [5.74, 6) is 0.139. The summed E-state index contributed by atoms with van der Waals surface area (Å²) in [6.07, 6.45) is 3.40. The molecule has 0 radical (unpaired) electrons. The number of carboxylic acids is 1. The van der Waals surface area contributed by atoms with E-state index in [1.807, 2.05) is 24.3 Å². The number of anilines is 1. The Kier molecular flexibility index (Phi) is 4.82. The van der Waals surface area contributed by atoms with Crippen molar-refractivity contribution in [1.29, 1.82) is 0 Å². The third kappa shape index (κ3) is 3.99. The Morgan fingerprint density at radius 2 is 1.90 bits per heavy atom. The Balaban J connectivity index is 2.09. The summed E-state index contributed by atoms with van der Waals surface area (Å²) < 4.78 is 5.69. The van der Waals surface area contributed by atoms with Crippen molar-refractivity contribution >= 4 is 11.7 Å². The Morgan fingerprint density at radius 3 is 2.48 bits per heavy atom. The molecule has 0 amide bonds. The molecule has 0 aliphatic rings. The first kappa shape index (κ1) is 14.9. The number of nitrogens with two attached hydrogens (primary N) is 1. The predicted octanol–water partition coefficient (Wildman–Crippen LogP) is 4.10. The van der Waals surface area contributed by atoms with Crippen LogP contribution in [0.1, 0.15) is 35.7 Å². The van der Waals surface area contributed by atoms with Crippen molar-refractivity contribution in [2.75, 3.05) is 5.73 Å². The second-order valence-electron chi connectivity index (χ2n) is 4.91. The highest BCUT2D eigenvalue weighted by Gasteiger charge is 2.08. The number of aromatic carboxylic acids is 1. The van der Waals surface area contributed by atoms with Crippen LogP contribution in [0.5, 0.6) is 11.5 Å². The van der Waals surface area contributed by atoms with Gasteiger partial charge >= 0.3 is 5.97 Å². The fourth-order valence-electron chi connectivity index (χ4n) is 2.01. The van der Waals surface area contributed by atoms with E-state index in [-0.39, 0.29) is 5.56 Å². The number of carboxylic acid groups (broad SMARTS) is 1. The first-order valence-corrected chi connectivity index (χ1v) is 6.99. The van der Waals surface area contributed by atoms with Gasteiger partial charge in [-0.1, -0.05) is 25.5 Å². The number of ether oxygens (including phenoxy) is 1. The van der Waals surface area contributed by atoms with E-state index in [2.05, 4.69) is 6.92 Å². The SMILES string of the molecule is CCCCc1ccc(Oc2ccc(C(=O)O)cc2N)cc1. The minimum absolute atomic E-state index is 0.148. The second-order valence-corrected chi connectivity index (χ2v) is 4.91. The monoisotopic (exact) mass is 285 g/mol. The van der Waals surface area contributed by atoms with Crippen LogP contribution in [0.25, 0.3) is 0 Å². The highest BCUT2D eigenvalue weighted by molar-refractivity contribution is 5.89. The van der Waals surface area contributed by atoms with Crippen LogP contribution in [-0.2, 0) is 6.42 Å². The molecule has 0 heterocycles. The molecule has 0 saturated heterocycles. The number of unbranched alkanes of at least 4 members (excludes halogenated alkanes) is 1. The van der Waals surface area contributed by atoms with Crippen molar-refractivity contribution in [2.24, 2.45) is 0 Å². The summed E-state index contributed by atoms with van der Waals surface area (Å²) in [5.41, 5.74) is 7.55. The highest BCUT2D eigenvalue weighted by Crippen LogP contribution is 2.28. The molecular weight excluding hydrogens is 266 g/mol. The van der Waals surface area contributed by atoms with Crippen LogP contribution < -0.4 is 10.5 Å². The minimum Gasteiger partial charge on any atom is -0.478 e. The standard InChI is InChI=1S/C17H19NO3/c1-2-3-4-12-5-8-14(9-6-12)21-16-10-7-13(17(19)20)11-15(16)18/h5-11H,2-4,18H2,1H3,(H,19,20). The quantitative estimate of drug-likeness (QED) is 0.784. The smallest absolute Gasteiger partial charge is 0.335 e. The van der Waals surface area contributed by atoms with Gasteiger partial charge in [-0.15, -0.1) is 0 Å². The largest absolute Gasteiger partial charge is 0.478 e. The van der Waals surface area contributed by atoms with Crippen molar-refractivity contribution < 1.29 is 14.6 Å². The van der Waals surface area contributed by atoms with Crippen molar-refractivity contribution in [3.63, 3.8) is 0 Å². The van der Waals surface area contributed by atoms with Crippen molar-refractivity contribution in [2.45, 2.75) is 26.2 Å². The van der Waals surface area contributed by atoms with Gasteiger partial charge in [0.1, 0.15) is 11.5 Å². The van der Waals surface area contributed by atoms with Gasteiger partial charge < -0.3 is 15.6 Å². The molecule has 3 N–H and O–H groups in total. The molecule has 0 spiro atoms. The zero-order valence-electron chi connectivity index (χ0n) is 12.0. The molecule has 0 saturated carbocycles. The van der Waals surface area contributed by atoms with E-state index in [1.165, 1.54) is 30.5 Å². The zero-order chi connectivity index (χ0) is 15.2. The Bertz CT molecular complexity index is 620. The average molecular weight is 285 g/mol. The number of aryl methyl sites for hydroxylation is 1. The van der Waals surface area contributed by atoms with E-state index in [9.17, 15) is 4.79 Å². The van der Waals surface area contributed by atoms with E-state index < -0.39 is 5.97 Å². The van der Waals surface area contributed by atoms with Gasteiger partial charge in [0.2, 0.25) is 0 Å². The number of hydrogen-bond acceptors (Lipinski definition) is 3. The lowest BCUT2D eigenvalue weighted by atomic mass is 10.1. The third-order valence-corrected chi connectivity index (χ3v) is 3.23. The van der Waals surface area contributed by atoms with Crippen molar-refractivity contribution in [3.8, 4) is 11.5 Å². The molecule has 4 heteroatoms. The molecule has 0 bridgehead atoms. The molecule has 0 fully saturated rings. The molecule has 0 aliphatic heterocycles. The Labute approximate surface area is 124 Å². The molecule has 0 aromatic heterocycles. The van der Waals surface area contributed by atoms with E-state index in [1.54, 1.807) is 6.07 Å². The molecule has 0 unspecified atom stereocenters. The third-order valence-electron chi connectivity index (χ3n) is 3.23. The van der Waals surface area contributed by atoms with Gasteiger partial charge in [0, 0.05) is 0 Å². The fourth-order valence-corrected chi connectivity index (χ4v) is 2.01. The molecule has 21 heavy (non-hydrogen) atoms. The summed E-state index contributed by atoms with van der Waals surface area (Å²) in [6.45, 7) is 2.17. The summed E-state index contributed by atoms with van der Waals surface area (Å²) in [5, 5.41) is 8.89. The number of carbonyl (C=O) groups is 1. The average Bonchev–Trinajstić information content (AvgIpc) is 2.48. The Hall–Kier alpha value is -2.49. The van der Waals surface area contributed by atoms with Crippen LogP contribution in [-0.4, -0.2) is 11.1 Å². The lowest BCUT2D eigenvalue weighted by Crippen LogP contribution is -1.99. The second kappa shape index (κ2) is 6.79. The van der Waals surface area contributed by atoms with Gasteiger partial charge in [0.15, 0.2) is 0 Å². The van der Waals surface area contributed by atoms with Gasteiger partial charge in [-0.2, -0.15) is 0 Å². The number of benzene rings is 2. The maximum absolute atomic E-state index is 10.9. The summed E-state index contributed by atoms with van der Waals surface area (Å²) >= 11 is 0. The van der Waals surface area contributed by atoms with Crippen LogP contribution in [0, 0.1) is 0 Å². The minimum atomic E-state index is -1.01.